The molecule has 0 bridgehead atoms. The number of thioether (sulfide) groups is 1. The smallest absolute Gasteiger partial charge is 0.403 e. The lowest BCUT2D eigenvalue weighted by Crippen LogP contribution is -2.24. The highest BCUT2D eigenvalue weighted by Gasteiger charge is 2.21. The molecule has 2 heterocycles. The molecule has 0 radical (unpaired) electrons. The lowest BCUT2D eigenvalue weighted by Gasteiger charge is -2.20. The standard InChI is InChI=1S/C8H10N2O3S/c11-10(12)7-3-2-6(13-7)8-9-4-1-5-14-8/h2-3,8-9H,1,4-5H2. The largest absolute Gasteiger partial charge is 0.433 e. The molecule has 14 heavy (non-hydrogen) atoms. The number of hydrogen-bond donors (Lipinski definition) is 1. The Hall–Kier alpha value is -1.01. The van der Waals surface area contributed by atoms with Gasteiger partial charge in [-0.2, -0.15) is 0 Å². The lowest BCUT2D eigenvalue weighted by atomic mass is 10.4. The zero-order valence-corrected chi connectivity index (χ0v) is 8.25. The van der Waals surface area contributed by atoms with Gasteiger partial charge in [0.1, 0.15) is 16.1 Å². The lowest BCUT2D eigenvalue weighted by molar-refractivity contribution is -0.402. The van der Waals surface area contributed by atoms with Crippen molar-refractivity contribution >= 4 is 17.6 Å². The highest BCUT2D eigenvalue weighted by Crippen LogP contribution is 2.32. The molecule has 1 aliphatic rings. The summed E-state index contributed by atoms with van der Waals surface area (Å²) in [6.07, 6.45) is 1.13. The van der Waals surface area contributed by atoms with Crippen LogP contribution in [0.25, 0.3) is 0 Å². The quantitative estimate of drug-likeness (QED) is 0.601. The zero-order chi connectivity index (χ0) is 9.97. The minimum absolute atomic E-state index is 0.0671. The van der Waals surface area contributed by atoms with Crippen LogP contribution in [-0.4, -0.2) is 17.2 Å². The summed E-state index contributed by atoms with van der Waals surface area (Å²) in [6, 6.07) is 3.06. The molecule has 2 rings (SSSR count). The Morgan fingerprint density at radius 2 is 2.50 bits per heavy atom. The Balaban J connectivity index is 2.11. The topological polar surface area (TPSA) is 68.3 Å². The van der Waals surface area contributed by atoms with Crippen molar-refractivity contribution < 1.29 is 9.34 Å². The van der Waals surface area contributed by atoms with Crippen molar-refractivity contribution in [1.82, 2.24) is 5.32 Å². The third-order valence-corrected chi connectivity index (χ3v) is 3.24. The number of nitrogens with one attached hydrogen (secondary N) is 1. The zero-order valence-electron chi connectivity index (χ0n) is 7.43. The van der Waals surface area contributed by atoms with Crippen LogP contribution in [0.5, 0.6) is 0 Å². The molecule has 1 aromatic heterocycles. The molecule has 1 saturated heterocycles. The van der Waals surface area contributed by atoms with Crippen molar-refractivity contribution in [3.63, 3.8) is 0 Å². The van der Waals surface area contributed by atoms with Gasteiger partial charge in [-0.1, -0.05) is 0 Å². The third kappa shape index (κ3) is 1.91. The first-order valence-electron chi connectivity index (χ1n) is 4.36. The molecule has 1 N–H and O–H groups in total. The van der Waals surface area contributed by atoms with Crippen LogP contribution in [0.3, 0.4) is 0 Å². The third-order valence-electron chi connectivity index (χ3n) is 1.99. The molecule has 1 atom stereocenters. The van der Waals surface area contributed by atoms with E-state index in [2.05, 4.69) is 5.32 Å². The van der Waals surface area contributed by atoms with E-state index in [4.69, 9.17) is 4.42 Å². The van der Waals surface area contributed by atoms with Gasteiger partial charge in [0, 0.05) is 0 Å². The summed E-state index contributed by atoms with van der Waals surface area (Å²) in [4.78, 5) is 9.86. The summed E-state index contributed by atoms with van der Waals surface area (Å²) in [5, 5.41) is 13.7. The highest BCUT2D eigenvalue weighted by molar-refractivity contribution is 7.99. The van der Waals surface area contributed by atoms with Gasteiger partial charge in [-0.05, 0) is 24.8 Å². The first-order valence-corrected chi connectivity index (χ1v) is 5.41. The molecule has 1 unspecified atom stereocenters. The van der Waals surface area contributed by atoms with Crippen LogP contribution in [0.1, 0.15) is 17.6 Å². The van der Waals surface area contributed by atoms with Crippen LogP contribution in [0, 0.1) is 10.1 Å². The number of hydrogen-bond acceptors (Lipinski definition) is 5. The molecule has 0 aromatic carbocycles. The van der Waals surface area contributed by atoms with Gasteiger partial charge in [-0.25, -0.2) is 0 Å². The van der Waals surface area contributed by atoms with E-state index in [0.29, 0.717) is 5.76 Å². The molecule has 0 amide bonds. The van der Waals surface area contributed by atoms with Crippen LogP contribution in [0.2, 0.25) is 0 Å². The second kappa shape index (κ2) is 4.02. The molecule has 1 fully saturated rings. The molecular formula is C8H10N2O3S. The van der Waals surface area contributed by atoms with Crippen molar-refractivity contribution in [2.75, 3.05) is 12.3 Å². The van der Waals surface area contributed by atoms with E-state index in [1.54, 1.807) is 17.8 Å². The Morgan fingerprint density at radius 3 is 3.07 bits per heavy atom. The minimum atomic E-state index is -0.517. The Bertz CT molecular complexity index is 333. The number of nitrogens with zero attached hydrogens (tertiary/aromatic N) is 1. The number of rotatable bonds is 2. The summed E-state index contributed by atoms with van der Waals surface area (Å²) in [5.41, 5.74) is 0. The van der Waals surface area contributed by atoms with Crippen molar-refractivity contribution in [2.24, 2.45) is 0 Å². The van der Waals surface area contributed by atoms with Crippen LogP contribution < -0.4 is 5.32 Å². The van der Waals surface area contributed by atoms with Crippen molar-refractivity contribution in [1.29, 1.82) is 0 Å². The Kier molecular flexibility index (Phi) is 2.74. The fraction of sp³-hybridized carbons (Fsp3) is 0.500. The second-order valence-corrected chi connectivity index (χ2v) is 4.20. The van der Waals surface area contributed by atoms with Crippen molar-refractivity contribution in [2.45, 2.75) is 11.8 Å². The van der Waals surface area contributed by atoms with Gasteiger partial charge < -0.3 is 4.42 Å². The number of nitro groups is 1. The van der Waals surface area contributed by atoms with Gasteiger partial charge in [-0.3, -0.25) is 15.4 Å². The second-order valence-electron chi connectivity index (χ2n) is 2.99. The Labute approximate surface area is 85.0 Å². The molecule has 5 nitrogen and oxygen atoms in total. The van der Waals surface area contributed by atoms with Crippen molar-refractivity contribution in [3.05, 3.63) is 28.0 Å². The molecular weight excluding hydrogens is 204 g/mol. The van der Waals surface area contributed by atoms with Crippen LogP contribution in [0.15, 0.2) is 16.5 Å². The van der Waals surface area contributed by atoms with E-state index in [1.807, 2.05) is 0 Å². The monoisotopic (exact) mass is 214 g/mol. The van der Waals surface area contributed by atoms with E-state index in [9.17, 15) is 10.1 Å². The summed E-state index contributed by atoms with van der Waals surface area (Å²) >= 11 is 1.71. The van der Waals surface area contributed by atoms with Crippen LogP contribution in [0.4, 0.5) is 5.88 Å². The Morgan fingerprint density at radius 1 is 1.64 bits per heavy atom. The fourth-order valence-corrected chi connectivity index (χ4v) is 2.40. The normalized spacial score (nSPS) is 22.1. The average Bonchev–Trinajstić information content (AvgIpc) is 2.68. The maximum absolute atomic E-state index is 10.4. The van der Waals surface area contributed by atoms with Gasteiger partial charge in [-0.15, -0.1) is 11.8 Å². The number of furan rings is 1. The summed E-state index contributed by atoms with van der Waals surface area (Å²) < 4.78 is 5.10. The van der Waals surface area contributed by atoms with Gasteiger partial charge in [0.25, 0.3) is 0 Å². The summed E-state index contributed by atoms with van der Waals surface area (Å²) in [7, 11) is 0. The first-order chi connectivity index (χ1) is 6.77. The molecule has 0 spiro atoms. The summed E-state index contributed by atoms with van der Waals surface area (Å²) in [6.45, 7) is 0.937. The van der Waals surface area contributed by atoms with E-state index in [-0.39, 0.29) is 11.3 Å². The molecule has 1 aliphatic heterocycles. The van der Waals surface area contributed by atoms with E-state index in [0.717, 1.165) is 18.7 Å². The maximum Gasteiger partial charge on any atom is 0.433 e. The van der Waals surface area contributed by atoms with Crippen LogP contribution >= 0.6 is 11.8 Å². The van der Waals surface area contributed by atoms with E-state index < -0.39 is 4.92 Å². The molecule has 0 saturated carbocycles. The predicted octanol–water partition coefficient (Wildman–Crippen LogP) is 1.91. The molecule has 6 heteroatoms. The van der Waals surface area contributed by atoms with Gasteiger partial charge in [0.2, 0.25) is 0 Å². The van der Waals surface area contributed by atoms with Crippen LogP contribution in [-0.2, 0) is 0 Å². The van der Waals surface area contributed by atoms with E-state index in [1.165, 1.54) is 6.07 Å². The fourth-order valence-electron chi connectivity index (χ4n) is 1.33. The average molecular weight is 214 g/mol. The van der Waals surface area contributed by atoms with Gasteiger partial charge >= 0.3 is 5.88 Å². The predicted molar refractivity (Wildman–Crippen MR) is 53.2 cm³/mol. The summed E-state index contributed by atoms with van der Waals surface area (Å²) in [5.74, 6) is 1.51. The maximum atomic E-state index is 10.4. The van der Waals surface area contributed by atoms with E-state index >= 15 is 0 Å². The van der Waals surface area contributed by atoms with Crippen molar-refractivity contribution in [3.8, 4) is 0 Å². The highest BCUT2D eigenvalue weighted by atomic mass is 32.2. The SMILES string of the molecule is O=[N+]([O-])c1ccc(C2NCCCS2)o1. The first kappa shape index (κ1) is 9.54. The molecule has 1 aromatic rings. The van der Waals surface area contributed by atoms with Gasteiger partial charge in [0.05, 0.1) is 6.07 Å². The minimum Gasteiger partial charge on any atom is -0.403 e. The molecule has 76 valence electrons. The molecule has 0 aliphatic carbocycles. The van der Waals surface area contributed by atoms with Gasteiger partial charge in [0.15, 0.2) is 0 Å².